The van der Waals surface area contributed by atoms with E-state index in [2.05, 4.69) is 54.9 Å². The van der Waals surface area contributed by atoms with E-state index in [1.54, 1.807) is 6.08 Å². The lowest BCUT2D eigenvalue weighted by Crippen LogP contribution is -2.54. The first kappa shape index (κ1) is 23.6. The third-order valence-corrected chi connectivity index (χ3v) is 6.50. The number of nitrogens with zero attached hydrogens (tertiary/aromatic N) is 2. The number of carbonyl (C=O) groups is 2. The topological polar surface area (TPSA) is 54.3 Å². The molecule has 4 rings (SSSR count). The van der Waals surface area contributed by atoms with E-state index in [4.69, 9.17) is 12.2 Å². The number of amides is 2. The van der Waals surface area contributed by atoms with Crippen molar-refractivity contribution in [2.75, 3.05) is 4.90 Å². The lowest BCUT2D eigenvalue weighted by atomic mass is 9.87. The van der Waals surface area contributed by atoms with Gasteiger partial charge in [-0.25, -0.2) is 0 Å². The number of anilines is 1. The van der Waals surface area contributed by atoms with Crippen molar-refractivity contribution in [2.24, 2.45) is 0 Å². The third-order valence-electron chi connectivity index (χ3n) is 6.22. The van der Waals surface area contributed by atoms with E-state index < -0.39 is 11.8 Å². The van der Waals surface area contributed by atoms with Gasteiger partial charge in [0.15, 0.2) is 5.11 Å². The molecule has 2 aromatic carbocycles. The number of thiocarbonyl (C=S) groups is 1. The molecule has 6 heteroatoms. The summed E-state index contributed by atoms with van der Waals surface area (Å²) >= 11 is 5.33. The minimum atomic E-state index is -0.487. The van der Waals surface area contributed by atoms with E-state index >= 15 is 0 Å². The molecule has 1 aromatic heterocycles. The van der Waals surface area contributed by atoms with Crippen LogP contribution in [-0.4, -0.2) is 21.5 Å². The molecule has 1 fully saturated rings. The lowest BCUT2D eigenvalue weighted by molar-refractivity contribution is -0.122. The predicted molar refractivity (Wildman–Crippen MR) is 141 cm³/mol. The molecule has 34 heavy (non-hydrogen) atoms. The normalized spacial score (nSPS) is 15.8. The molecule has 174 valence electrons. The molecule has 1 aliphatic rings. The quantitative estimate of drug-likeness (QED) is 0.310. The molecule has 2 amide bonds. The van der Waals surface area contributed by atoms with Crippen molar-refractivity contribution in [1.82, 2.24) is 9.88 Å². The maximum atomic E-state index is 13.4. The number of carbonyl (C=O) groups excluding carboxylic acids is 2. The second kappa shape index (κ2) is 8.69. The average molecular weight is 472 g/mol. The number of hydrogen-bond donors (Lipinski definition) is 1. The van der Waals surface area contributed by atoms with Crippen molar-refractivity contribution < 1.29 is 9.59 Å². The maximum Gasteiger partial charge on any atom is 0.270 e. The summed E-state index contributed by atoms with van der Waals surface area (Å²) < 4.78 is 2.13. The largest absolute Gasteiger partial charge is 0.318 e. The van der Waals surface area contributed by atoms with Crippen LogP contribution in [0.15, 0.2) is 60.2 Å². The highest BCUT2D eigenvalue weighted by molar-refractivity contribution is 7.80. The standard InChI is InChI=1S/C28H29N3O2S/c1-17-9-7-8-10-24(17)31-26(33)23(25(32)29-27(31)34)16-20-15-18(2)30(19(20)3)22-13-11-21(12-14-22)28(4,5)6/h7-16H,1-6H3,(H,29,32,34)/b23-16+. The summed E-state index contributed by atoms with van der Waals surface area (Å²) in [5.74, 6) is -0.915. The number of nitrogens with one attached hydrogen (secondary N) is 1. The van der Waals surface area contributed by atoms with E-state index in [9.17, 15) is 9.59 Å². The van der Waals surface area contributed by atoms with Crippen molar-refractivity contribution in [3.05, 3.63) is 88.2 Å². The first-order valence-corrected chi connectivity index (χ1v) is 11.7. The zero-order chi connectivity index (χ0) is 24.8. The number of para-hydroxylation sites is 1. The van der Waals surface area contributed by atoms with E-state index in [1.807, 2.05) is 51.1 Å². The smallest absolute Gasteiger partial charge is 0.270 e. The van der Waals surface area contributed by atoms with Crippen LogP contribution in [0.3, 0.4) is 0 Å². The molecule has 0 atom stereocenters. The second-order valence-electron chi connectivity index (χ2n) is 9.70. The Bertz CT molecular complexity index is 1340. The Labute approximate surface area is 206 Å². The number of rotatable bonds is 3. The minimum absolute atomic E-state index is 0.0557. The third kappa shape index (κ3) is 4.21. The molecule has 1 saturated heterocycles. The van der Waals surface area contributed by atoms with Gasteiger partial charge in [-0.3, -0.25) is 19.8 Å². The van der Waals surface area contributed by atoms with Gasteiger partial charge in [0.25, 0.3) is 11.8 Å². The molecule has 3 aromatic rings. The van der Waals surface area contributed by atoms with Gasteiger partial charge in [-0.1, -0.05) is 51.1 Å². The predicted octanol–water partition coefficient (Wildman–Crippen LogP) is 5.53. The van der Waals surface area contributed by atoms with Gasteiger partial charge in [-0.05, 0) is 85.4 Å². The van der Waals surface area contributed by atoms with Crippen LogP contribution in [-0.2, 0) is 15.0 Å². The first-order chi connectivity index (χ1) is 16.0. The van der Waals surface area contributed by atoms with Crippen molar-refractivity contribution in [3.8, 4) is 5.69 Å². The van der Waals surface area contributed by atoms with Crippen LogP contribution in [0.5, 0.6) is 0 Å². The van der Waals surface area contributed by atoms with Gasteiger partial charge in [-0.2, -0.15) is 0 Å². The second-order valence-corrected chi connectivity index (χ2v) is 10.1. The van der Waals surface area contributed by atoms with Gasteiger partial charge in [0.1, 0.15) is 5.57 Å². The Kier molecular flexibility index (Phi) is 6.04. The van der Waals surface area contributed by atoms with E-state index in [0.717, 1.165) is 28.2 Å². The molecular formula is C28H29N3O2S. The zero-order valence-corrected chi connectivity index (χ0v) is 21.2. The fourth-order valence-corrected chi connectivity index (χ4v) is 4.56. The summed E-state index contributed by atoms with van der Waals surface area (Å²) in [6.45, 7) is 12.5. The number of aryl methyl sites for hydroxylation is 2. The summed E-state index contributed by atoms with van der Waals surface area (Å²) in [5.41, 5.74) is 6.76. The van der Waals surface area contributed by atoms with Gasteiger partial charge < -0.3 is 4.57 Å². The van der Waals surface area contributed by atoms with Crippen LogP contribution in [0, 0.1) is 20.8 Å². The Hall–Kier alpha value is -3.51. The Morgan fingerprint density at radius 3 is 2.21 bits per heavy atom. The van der Waals surface area contributed by atoms with Crippen molar-refractivity contribution >= 4 is 40.9 Å². The van der Waals surface area contributed by atoms with E-state index in [0.29, 0.717) is 5.69 Å². The van der Waals surface area contributed by atoms with E-state index in [-0.39, 0.29) is 16.1 Å². The van der Waals surface area contributed by atoms with Crippen LogP contribution in [0.1, 0.15) is 48.8 Å². The summed E-state index contributed by atoms with van der Waals surface area (Å²) in [7, 11) is 0. The number of aromatic nitrogens is 1. The molecule has 0 saturated carbocycles. The van der Waals surface area contributed by atoms with Crippen LogP contribution in [0.2, 0.25) is 0 Å². The summed E-state index contributed by atoms with van der Waals surface area (Å²) in [5, 5.41) is 2.76. The first-order valence-electron chi connectivity index (χ1n) is 11.3. The van der Waals surface area contributed by atoms with Gasteiger partial charge in [0.2, 0.25) is 0 Å². The van der Waals surface area contributed by atoms with Gasteiger partial charge in [-0.15, -0.1) is 0 Å². The molecule has 1 aliphatic heterocycles. The monoisotopic (exact) mass is 471 g/mol. The molecule has 1 N–H and O–H groups in total. The Morgan fingerprint density at radius 2 is 1.59 bits per heavy atom. The molecule has 0 aliphatic carbocycles. The molecule has 0 bridgehead atoms. The highest BCUT2D eigenvalue weighted by Gasteiger charge is 2.35. The maximum absolute atomic E-state index is 13.4. The van der Waals surface area contributed by atoms with Crippen LogP contribution < -0.4 is 10.2 Å². The Balaban J connectivity index is 1.74. The molecule has 2 heterocycles. The highest BCUT2D eigenvalue weighted by Crippen LogP contribution is 2.29. The fourth-order valence-electron chi connectivity index (χ4n) is 4.29. The summed E-state index contributed by atoms with van der Waals surface area (Å²) in [4.78, 5) is 27.6. The number of hydrogen-bond acceptors (Lipinski definition) is 3. The molecule has 0 unspecified atom stereocenters. The minimum Gasteiger partial charge on any atom is -0.318 e. The highest BCUT2D eigenvalue weighted by atomic mass is 32.1. The zero-order valence-electron chi connectivity index (χ0n) is 20.4. The van der Waals surface area contributed by atoms with Gasteiger partial charge >= 0.3 is 0 Å². The number of benzene rings is 2. The van der Waals surface area contributed by atoms with Crippen molar-refractivity contribution in [1.29, 1.82) is 0 Å². The Morgan fingerprint density at radius 1 is 0.941 bits per heavy atom. The fraction of sp³-hybridized carbons (Fsp3) is 0.250. The molecular weight excluding hydrogens is 442 g/mol. The average Bonchev–Trinajstić information content (AvgIpc) is 3.04. The SMILES string of the molecule is Cc1ccccc1N1C(=O)/C(=C/c2cc(C)n(-c3ccc(C(C)(C)C)cc3)c2C)C(=O)NC1=S. The lowest BCUT2D eigenvalue weighted by Gasteiger charge is -2.30. The van der Waals surface area contributed by atoms with E-state index in [1.165, 1.54) is 10.5 Å². The van der Waals surface area contributed by atoms with Gasteiger partial charge in [0.05, 0.1) is 5.69 Å². The molecule has 5 nitrogen and oxygen atoms in total. The summed E-state index contributed by atoms with van der Waals surface area (Å²) in [6, 6.07) is 18.0. The van der Waals surface area contributed by atoms with Crippen LogP contribution in [0.25, 0.3) is 11.8 Å². The summed E-state index contributed by atoms with van der Waals surface area (Å²) in [6.07, 6.45) is 1.66. The van der Waals surface area contributed by atoms with Crippen molar-refractivity contribution in [2.45, 2.75) is 47.0 Å². The van der Waals surface area contributed by atoms with Crippen molar-refractivity contribution in [3.63, 3.8) is 0 Å². The van der Waals surface area contributed by atoms with Gasteiger partial charge in [0, 0.05) is 17.1 Å². The molecule has 0 spiro atoms. The van der Waals surface area contributed by atoms with Crippen LogP contribution in [0.4, 0.5) is 5.69 Å². The van der Waals surface area contributed by atoms with Crippen LogP contribution >= 0.6 is 12.2 Å². The molecule has 0 radical (unpaired) electrons.